The van der Waals surface area contributed by atoms with E-state index in [1.807, 2.05) is 0 Å². The Balaban J connectivity index is 1.75. The zero-order chi connectivity index (χ0) is 16.6. The molecule has 0 spiro atoms. The number of nitrogens with two attached hydrogens (primary N) is 1. The summed E-state index contributed by atoms with van der Waals surface area (Å²) in [5, 5.41) is 0.733. The number of anilines is 1. The molecule has 3 rings (SSSR count). The fraction of sp³-hybridized carbons (Fsp3) is 0.467. The molecule has 2 N–H and O–H groups in total. The second-order valence-corrected chi connectivity index (χ2v) is 6.79. The standard InChI is InChI=1S/C15H16F3N3OS/c16-15(17,18)10-1-2-12-11(8-10)20-14(23-12)21-5-3-9(4-6-21)7-13(19)22/h1-2,8-9H,3-7H2,(H2,19,22). The van der Waals surface area contributed by atoms with Crippen LogP contribution >= 0.6 is 11.3 Å². The molecule has 124 valence electrons. The number of primary amides is 1. The Labute approximate surface area is 135 Å². The molecule has 0 aliphatic carbocycles. The smallest absolute Gasteiger partial charge is 0.370 e. The predicted molar refractivity (Wildman–Crippen MR) is 83.4 cm³/mol. The van der Waals surface area contributed by atoms with Crippen LogP contribution in [0.1, 0.15) is 24.8 Å². The Morgan fingerprint density at radius 1 is 1.35 bits per heavy atom. The summed E-state index contributed by atoms with van der Waals surface area (Å²) in [6, 6.07) is 3.65. The maximum atomic E-state index is 12.8. The number of benzene rings is 1. The van der Waals surface area contributed by atoms with Crippen LogP contribution in [0.4, 0.5) is 18.3 Å². The van der Waals surface area contributed by atoms with Crippen LogP contribution in [0.15, 0.2) is 18.2 Å². The van der Waals surface area contributed by atoms with Crippen LogP contribution in [-0.2, 0) is 11.0 Å². The van der Waals surface area contributed by atoms with E-state index in [2.05, 4.69) is 9.88 Å². The first kappa shape index (κ1) is 16.0. The van der Waals surface area contributed by atoms with Gasteiger partial charge in [0.25, 0.3) is 0 Å². The minimum Gasteiger partial charge on any atom is -0.370 e. The van der Waals surface area contributed by atoms with Gasteiger partial charge < -0.3 is 10.6 Å². The third-order valence-corrected chi connectivity index (χ3v) is 5.18. The highest BCUT2D eigenvalue weighted by Gasteiger charge is 2.31. The molecular weight excluding hydrogens is 327 g/mol. The fourth-order valence-electron chi connectivity index (χ4n) is 2.84. The summed E-state index contributed by atoms with van der Waals surface area (Å²) in [4.78, 5) is 17.4. The fourth-order valence-corrected chi connectivity index (χ4v) is 3.84. The minimum atomic E-state index is -4.36. The quantitative estimate of drug-likeness (QED) is 0.929. The highest BCUT2D eigenvalue weighted by molar-refractivity contribution is 7.22. The number of aromatic nitrogens is 1. The van der Waals surface area contributed by atoms with E-state index in [4.69, 9.17) is 5.73 Å². The summed E-state index contributed by atoms with van der Waals surface area (Å²) < 4.78 is 39.0. The van der Waals surface area contributed by atoms with Crippen LogP contribution in [0.3, 0.4) is 0 Å². The minimum absolute atomic E-state index is 0.287. The summed E-state index contributed by atoms with van der Waals surface area (Å²) in [7, 11) is 0. The highest BCUT2D eigenvalue weighted by atomic mass is 32.1. The lowest BCUT2D eigenvalue weighted by Crippen LogP contribution is -2.34. The van der Waals surface area contributed by atoms with Crippen molar-refractivity contribution in [2.24, 2.45) is 11.7 Å². The van der Waals surface area contributed by atoms with E-state index in [0.717, 1.165) is 47.9 Å². The number of hydrogen-bond acceptors (Lipinski definition) is 4. The molecule has 8 heteroatoms. The number of fused-ring (bicyclic) bond motifs is 1. The zero-order valence-corrected chi connectivity index (χ0v) is 13.1. The molecule has 1 aromatic heterocycles. The van der Waals surface area contributed by atoms with Crippen molar-refractivity contribution in [3.63, 3.8) is 0 Å². The molecule has 0 atom stereocenters. The van der Waals surface area contributed by atoms with Crippen LogP contribution in [-0.4, -0.2) is 24.0 Å². The van der Waals surface area contributed by atoms with Gasteiger partial charge in [0.1, 0.15) is 0 Å². The molecule has 2 heterocycles. The third-order valence-electron chi connectivity index (χ3n) is 4.08. The monoisotopic (exact) mass is 343 g/mol. The van der Waals surface area contributed by atoms with Gasteiger partial charge in [-0.1, -0.05) is 11.3 Å². The van der Waals surface area contributed by atoms with Crippen LogP contribution < -0.4 is 10.6 Å². The van der Waals surface area contributed by atoms with Gasteiger partial charge in [-0.2, -0.15) is 13.2 Å². The van der Waals surface area contributed by atoms with Crippen LogP contribution in [0.5, 0.6) is 0 Å². The van der Waals surface area contributed by atoms with Crippen molar-refractivity contribution in [1.29, 1.82) is 0 Å². The molecule has 1 fully saturated rings. The van der Waals surface area contributed by atoms with E-state index in [-0.39, 0.29) is 11.8 Å². The first-order valence-corrected chi connectivity index (χ1v) is 8.15. The van der Waals surface area contributed by atoms with Gasteiger partial charge in [0.05, 0.1) is 15.8 Å². The second kappa shape index (κ2) is 5.99. The van der Waals surface area contributed by atoms with Crippen molar-refractivity contribution in [2.75, 3.05) is 18.0 Å². The molecule has 1 aromatic carbocycles. The van der Waals surface area contributed by atoms with E-state index >= 15 is 0 Å². The number of piperidine rings is 1. The highest BCUT2D eigenvalue weighted by Crippen LogP contribution is 2.36. The number of hydrogen-bond donors (Lipinski definition) is 1. The van der Waals surface area contributed by atoms with Crippen molar-refractivity contribution in [2.45, 2.75) is 25.4 Å². The van der Waals surface area contributed by atoms with E-state index < -0.39 is 11.7 Å². The second-order valence-electron chi connectivity index (χ2n) is 5.78. The summed E-state index contributed by atoms with van der Waals surface area (Å²) in [6.07, 6.45) is -2.28. The summed E-state index contributed by atoms with van der Waals surface area (Å²) in [6.45, 7) is 1.48. The number of amides is 1. The van der Waals surface area contributed by atoms with E-state index in [1.165, 1.54) is 17.4 Å². The van der Waals surface area contributed by atoms with Gasteiger partial charge in [0.15, 0.2) is 5.13 Å². The Hall–Kier alpha value is -1.83. The first-order valence-electron chi connectivity index (χ1n) is 7.34. The third kappa shape index (κ3) is 3.57. The van der Waals surface area contributed by atoms with Gasteiger partial charge in [-0.15, -0.1) is 0 Å². The number of alkyl halides is 3. The molecule has 0 bridgehead atoms. The number of carbonyl (C=O) groups excluding carboxylic acids is 1. The van der Waals surface area contributed by atoms with Crippen LogP contribution in [0.25, 0.3) is 10.2 Å². The molecular formula is C15H16F3N3OS. The van der Waals surface area contributed by atoms with Gasteiger partial charge in [0.2, 0.25) is 5.91 Å². The number of halogens is 3. The molecule has 1 aliphatic heterocycles. The van der Waals surface area contributed by atoms with Crippen molar-refractivity contribution in [1.82, 2.24) is 4.98 Å². The molecule has 4 nitrogen and oxygen atoms in total. The Morgan fingerprint density at radius 2 is 2.04 bits per heavy atom. The molecule has 1 amide bonds. The van der Waals surface area contributed by atoms with E-state index in [0.29, 0.717) is 11.9 Å². The van der Waals surface area contributed by atoms with Crippen LogP contribution in [0, 0.1) is 5.92 Å². The lowest BCUT2D eigenvalue weighted by Gasteiger charge is -2.31. The van der Waals surface area contributed by atoms with Crippen molar-refractivity contribution >= 4 is 32.6 Å². The largest absolute Gasteiger partial charge is 0.416 e. The summed E-state index contributed by atoms with van der Waals surface area (Å²) >= 11 is 1.39. The van der Waals surface area contributed by atoms with Gasteiger partial charge in [-0.05, 0) is 37.0 Å². The number of nitrogens with zero attached hydrogens (tertiary/aromatic N) is 2. The maximum absolute atomic E-state index is 12.8. The molecule has 23 heavy (non-hydrogen) atoms. The van der Waals surface area contributed by atoms with Crippen molar-refractivity contribution in [3.8, 4) is 0 Å². The molecule has 2 aromatic rings. The predicted octanol–water partition coefficient (Wildman–Crippen LogP) is 3.41. The van der Waals surface area contributed by atoms with Gasteiger partial charge >= 0.3 is 6.18 Å². The van der Waals surface area contributed by atoms with Gasteiger partial charge in [0, 0.05) is 19.5 Å². The Kier molecular flexibility index (Phi) is 4.18. The number of rotatable bonds is 3. The SMILES string of the molecule is NC(=O)CC1CCN(c2nc3cc(C(F)(F)F)ccc3s2)CC1. The van der Waals surface area contributed by atoms with Crippen LogP contribution in [0.2, 0.25) is 0 Å². The van der Waals surface area contributed by atoms with Crippen molar-refractivity contribution < 1.29 is 18.0 Å². The lowest BCUT2D eigenvalue weighted by molar-refractivity contribution is -0.137. The summed E-state index contributed by atoms with van der Waals surface area (Å²) in [5.41, 5.74) is 4.91. The average molecular weight is 343 g/mol. The number of carbonyl (C=O) groups is 1. The molecule has 1 saturated heterocycles. The first-order chi connectivity index (χ1) is 10.8. The molecule has 0 unspecified atom stereocenters. The van der Waals surface area contributed by atoms with Crippen molar-refractivity contribution in [3.05, 3.63) is 23.8 Å². The van der Waals surface area contributed by atoms with Gasteiger partial charge in [-0.25, -0.2) is 4.98 Å². The van der Waals surface area contributed by atoms with Gasteiger partial charge in [-0.3, -0.25) is 4.79 Å². The molecule has 0 saturated carbocycles. The maximum Gasteiger partial charge on any atom is 0.416 e. The molecule has 1 aliphatic rings. The lowest BCUT2D eigenvalue weighted by atomic mass is 9.93. The van der Waals surface area contributed by atoms with E-state index in [1.54, 1.807) is 0 Å². The molecule has 0 radical (unpaired) electrons. The van der Waals surface area contributed by atoms with E-state index in [9.17, 15) is 18.0 Å². The Morgan fingerprint density at radius 3 is 2.65 bits per heavy atom. The zero-order valence-electron chi connectivity index (χ0n) is 12.3. The Bertz CT molecular complexity index is 720. The topological polar surface area (TPSA) is 59.2 Å². The summed E-state index contributed by atoms with van der Waals surface area (Å²) in [5.74, 6) is -0.00178. The number of thiazole rings is 1. The normalized spacial score (nSPS) is 16.9. The average Bonchev–Trinajstić information content (AvgIpc) is 2.89.